The number of hydrogen-bond acceptors (Lipinski definition) is 4. The second-order valence-corrected chi connectivity index (χ2v) is 6.78. The molecule has 2 aliphatic rings. The summed E-state index contributed by atoms with van der Waals surface area (Å²) in [5, 5.41) is 4.21. The molecule has 2 fully saturated rings. The molecule has 1 saturated carbocycles. The van der Waals surface area contributed by atoms with Crippen LogP contribution in [0.3, 0.4) is 0 Å². The number of esters is 1. The number of ether oxygens (including phenoxy) is 1. The zero-order chi connectivity index (χ0) is 17.4. The van der Waals surface area contributed by atoms with Crippen LogP contribution >= 0.6 is 0 Å². The molecule has 1 amide bonds. The summed E-state index contributed by atoms with van der Waals surface area (Å²) in [5.74, 6) is 0.891. The highest BCUT2D eigenvalue weighted by atomic mass is 16.5. The predicted octanol–water partition coefficient (Wildman–Crippen LogP) is 2.09. The lowest BCUT2D eigenvalue weighted by atomic mass is 10.1. The van der Waals surface area contributed by atoms with Gasteiger partial charge in [-0.05, 0) is 30.4 Å². The number of amides is 1. The summed E-state index contributed by atoms with van der Waals surface area (Å²) in [6.07, 6.45) is 4.31. The predicted molar refractivity (Wildman–Crippen MR) is 90.7 cm³/mol. The minimum absolute atomic E-state index is 0.313. The van der Waals surface area contributed by atoms with Gasteiger partial charge in [-0.25, -0.2) is 4.79 Å². The van der Waals surface area contributed by atoms with Gasteiger partial charge in [0.15, 0.2) is 0 Å². The smallest absolute Gasteiger partial charge is 0.341 e. The molecule has 2 heterocycles. The summed E-state index contributed by atoms with van der Waals surface area (Å²) in [5.41, 5.74) is 2.70. The number of hydrogen-bond donors (Lipinski definition) is 0. The van der Waals surface area contributed by atoms with Gasteiger partial charge in [0.05, 0.1) is 24.9 Å². The number of likely N-dealkylation sites (tertiary alicyclic amines) is 1. The molecule has 0 bridgehead atoms. The lowest BCUT2D eigenvalue weighted by molar-refractivity contribution is -0.130. The maximum atomic E-state index is 12.0. The molecular weight excluding hydrogens is 318 g/mol. The molecule has 0 radical (unpaired) electrons. The van der Waals surface area contributed by atoms with Crippen LogP contribution in [0.2, 0.25) is 0 Å². The van der Waals surface area contributed by atoms with Crippen LogP contribution < -0.4 is 0 Å². The van der Waals surface area contributed by atoms with Crippen LogP contribution in [-0.2, 0) is 22.6 Å². The van der Waals surface area contributed by atoms with E-state index in [0.29, 0.717) is 43.0 Å². The van der Waals surface area contributed by atoms with Crippen molar-refractivity contribution >= 4 is 11.9 Å². The minimum Gasteiger partial charge on any atom is -0.462 e. The average molecular weight is 339 g/mol. The third kappa shape index (κ3) is 3.29. The summed E-state index contributed by atoms with van der Waals surface area (Å²) in [6, 6.07) is 8.20. The fourth-order valence-corrected chi connectivity index (χ4v) is 3.43. The van der Waals surface area contributed by atoms with E-state index < -0.39 is 0 Å². The summed E-state index contributed by atoms with van der Waals surface area (Å²) >= 11 is 0. The van der Waals surface area contributed by atoms with Crippen LogP contribution in [0.1, 0.15) is 34.8 Å². The number of carbonyl (C=O) groups excluding carboxylic acids is 2. The Hall–Kier alpha value is -2.63. The van der Waals surface area contributed by atoms with Gasteiger partial charge in [0.25, 0.3) is 0 Å². The van der Waals surface area contributed by atoms with Crippen LogP contribution in [0.4, 0.5) is 0 Å². The number of benzene rings is 1. The van der Waals surface area contributed by atoms with Crippen LogP contribution in [0, 0.1) is 11.8 Å². The molecule has 6 nitrogen and oxygen atoms in total. The van der Waals surface area contributed by atoms with Crippen LogP contribution in [-0.4, -0.2) is 39.7 Å². The Morgan fingerprint density at radius 1 is 1.24 bits per heavy atom. The van der Waals surface area contributed by atoms with E-state index in [0.717, 1.165) is 24.1 Å². The van der Waals surface area contributed by atoms with Crippen molar-refractivity contribution in [3.8, 4) is 0 Å². The first-order valence-electron chi connectivity index (χ1n) is 8.70. The molecule has 0 N–H and O–H groups in total. The number of piperidine rings is 1. The molecule has 130 valence electrons. The van der Waals surface area contributed by atoms with Gasteiger partial charge >= 0.3 is 5.97 Å². The number of fused-ring (bicyclic) bond motifs is 1. The highest BCUT2D eigenvalue weighted by Crippen LogP contribution is 2.46. The maximum Gasteiger partial charge on any atom is 0.341 e. The number of rotatable bonds is 6. The standard InChI is InChI=1S/C19H21N3O3/c1-2-25-19(24)16-8-20-22(12-16)10-14-5-3-13(4-6-14)9-21-11-15-7-17(15)18(21)23/h3-6,8,12,15,17H,2,7,9-11H2,1H3. The van der Waals surface area contributed by atoms with Crippen LogP contribution in [0.15, 0.2) is 36.7 Å². The number of carbonyl (C=O) groups is 2. The van der Waals surface area contributed by atoms with E-state index >= 15 is 0 Å². The molecular formula is C19H21N3O3. The SMILES string of the molecule is CCOC(=O)c1cnn(Cc2ccc(CN3CC4CC4C3=O)cc2)c1. The van der Waals surface area contributed by atoms with E-state index in [4.69, 9.17) is 4.74 Å². The minimum atomic E-state index is -0.350. The fraction of sp³-hybridized carbons (Fsp3) is 0.421. The van der Waals surface area contributed by atoms with E-state index in [-0.39, 0.29) is 5.97 Å². The van der Waals surface area contributed by atoms with Gasteiger partial charge in [0.1, 0.15) is 0 Å². The van der Waals surface area contributed by atoms with Gasteiger partial charge in [-0.1, -0.05) is 24.3 Å². The van der Waals surface area contributed by atoms with Crippen molar-refractivity contribution in [2.45, 2.75) is 26.4 Å². The molecule has 2 atom stereocenters. The van der Waals surface area contributed by atoms with Gasteiger partial charge in [-0.15, -0.1) is 0 Å². The first kappa shape index (κ1) is 15.9. The van der Waals surface area contributed by atoms with E-state index in [1.54, 1.807) is 17.8 Å². The van der Waals surface area contributed by atoms with E-state index in [2.05, 4.69) is 17.2 Å². The Labute approximate surface area is 146 Å². The Kier molecular flexibility index (Phi) is 4.03. The Morgan fingerprint density at radius 2 is 1.96 bits per heavy atom. The van der Waals surface area contributed by atoms with Gasteiger partial charge in [0.2, 0.25) is 5.91 Å². The molecule has 25 heavy (non-hydrogen) atoms. The highest BCUT2D eigenvalue weighted by molar-refractivity contribution is 5.88. The first-order valence-corrected chi connectivity index (χ1v) is 8.70. The second-order valence-electron chi connectivity index (χ2n) is 6.78. The quantitative estimate of drug-likeness (QED) is 0.756. The molecule has 1 aromatic heterocycles. The molecule has 0 spiro atoms. The largest absolute Gasteiger partial charge is 0.462 e. The van der Waals surface area contributed by atoms with Gasteiger partial charge in [-0.3, -0.25) is 9.48 Å². The van der Waals surface area contributed by atoms with Gasteiger partial charge < -0.3 is 9.64 Å². The van der Waals surface area contributed by atoms with Gasteiger partial charge in [-0.2, -0.15) is 5.10 Å². The summed E-state index contributed by atoms with van der Waals surface area (Å²) in [6.45, 7) is 4.33. The second kappa shape index (κ2) is 6.35. The highest BCUT2D eigenvalue weighted by Gasteiger charge is 2.51. The molecule has 1 aliphatic carbocycles. The van der Waals surface area contributed by atoms with E-state index in [9.17, 15) is 9.59 Å². The number of nitrogens with zero attached hydrogens (tertiary/aromatic N) is 3. The summed E-state index contributed by atoms with van der Waals surface area (Å²) in [4.78, 5) is 25.7. The van der Waals surface area contributed by atoms with Crippen molar-refractivity contribution in [3.63, 3.8) is 0 Å². The van der Waals surface area contributed by atoms with E-state index in [1.165, 1.54) is 6.20 Å². The van der Waals surface area contributed by atoms with Crippen molar-refractivity contribution < 1.29 is 14.3 Å². The van der Waals surface area contributed by atoms with Crippen molar-refractivity contribution in [3.05, 3.63) is 53.3 Å². The molecule has 6 heteroatoms. The summed E-state index contributed by atoms with van der Waals surface area (Å²) in [7, 11) is 0. The Bertz CT molecular complexity index is 797. The Morgan fingerprint density at radius 3 is 2.60 bits per heavy atom. The molecule has 2 aromatic rings. The molecule has 2 unspecified atom stereocenters. The summed E-state index contributed by atoms with van der Waals surface area (Å²) < 4.78 is 6.69. The van der Waals surface area contributed by atoms with Crippen molar-refractivity contribution in [1.82, 2.24) is 14.7 Å². The zero-order valence-electron chi connectivity index (χ0n) is 14.2. The maximum absolute atomic E-state index is 12.0. The molecule has 1 aliphatic heterocycles. The normalized spacial score (nSPS) is 21.3. The lowest BCUT2D eigenvalue weighted by Crippen LogP contribution is -2.27. The fourth-order valence-electron chi connectivity index (χ4n) is 3.43. The first-order chi connectivity index (χ1) is 12.1. The Balaban J connectivity index is 1.36. The molecule has 1 aromatic carbocycles. The molecule has 1 saturated heterocycles. The lowest BCUT2D eigenvalue weighted by Gasteiger charge is -2.18. The van der Waals surface area contributed by atoms with E-state index in [1.807, 2.05) is 17.0 Å². The van der Waals surface area contributed by atoms with Crippen LogP contribution in [0.5, 0.6) is 0 Å². The monoisotopic (exact) mass is 339 g/mol. The van der Waals surface area contributed by atoms with Crippen molar-refractivity contribution in [2.75, 3.05) is 13.2 Å². The van der Waals surface area contributed by atoms with Gasteiger partial charge in [0, 0.05) is 25.2 Å². The average Bonchev–Trinajstić information content (AvgIpc) is 3.10. The van der Waals surface area contributed by atoms with Crippen molar-refractivity contribution in [1.29, 1.82) is 0 Å². The third-order valence-corrected chi connectivity index (χ3v) is 4.89. The zero-order valence-corrected chi connectivity index (χ0v) is 14.2. The topological polar surface area (TPSA) is 64.4 Å². The number of aromatic nitrogens is 2. The van der Waals surface area contributed by atoms with Crippen LogP contribution in [0.25, 0.3) is 0 Å². The third-order valence-electron chi connectivity index (χ3n) is 4.89. The molecule has 4 rings (SSSR count). The van der Waals surface area contributed by atoms with Crippen molar-refractivity contribution in [2.24, 2.45) is 11.8 Å².